The minimum absolute atomic E-state index is 1.01. The van der Waals surface area contributed by atoms with E-state index in [1.807, 2.05) is 6.20 Å². The third-order valence-corrected chi connectivity index (χ3v) is 8.08. The van der Waals surface area contributed by atoms with Crippen LogP contribution in [0.15, 0.2) is 115 Å². The number of para-hydroxylation sites is 3. The van der Waals surface area contributed by atoms with Gasteiger partial charge in [0.2, 0.25) is 0 Å². The van der Waals surface area contributed by atoms with E-state index in [-0.39, 0.29) is 0 Å². The van der Waals surface area contributed by atoms with Crippen molar-refractivity contribution in [1.29, 1.82) is 0 Å². The van der Waals surface area contributed by atoms with E-state index in [2.05, 4.69) is 118 Å². The average Bonchev–Trinajstić information content (AvgIpc) is 3.64. The number of benzene rings is 4. The van der Waals surface area contributed by atoms with Crippen molar-refractivity contribution in [2.75, 3.05) is 0 Å². The van der Waals surface area contributed by atoms with Gasteiger partial charge in [0.15, 0.2) is 0 Å². The molecule has 0 amide bonds. The normalized spacial score (nSPS) is 12.0. The standard InChI is InChI=1S/C31H19N3S/c1-5-14-27-22(10-1)23-11-2-6-15-28(23)34(27)21-9-7-8-20(18-21)30-29-24-12-3-4-13-26(24)33-17-16-32-31(33)25(29)19-35-30/h1-19H. The summed E-state index contributed by atoms with van der Waals surface area (Å²) in [5, 5.41) is 8.56. The largest absolute Gasteiger partial charge is 0.309 e. The van der Waals surface area contributed by atoms with Crippen molar-refractivity contribution in [3.63, 3.8) is 0 Å². The van der Waals surface area contributed by atoms with Crippen LogP contribution in [0.25, 0.3) is 65.3 Å². The number of fused-ring (bicyclic) bond motifs is 9. The maximum absolute atomic E-state index is 4.70. The molecule has 0 radical (unpaired) electrons. The Labute approximate surface area is 205 Å². The molecule has 4 heteroatoms. The molecule has 0 saturated heterocycles. The maximum Gasteiger partial charge on any atom is 0.145 e. The first-order chi connectivity index (χ1) is 17.4. The zero-order valence-corrected chi connectivity index (χ0v) is 19.5. The number of hydrogen-bond acceptors (Lipinski definition) is 2. The molecule has 164 valence electrons. The smallest absolute Gasteiger partial charge is 0.145 e. The van der Waals surface area contributed by atoms with Crippen LogP contribution in [-0.4, -0.2) is 14.0 Å². The Morgan fingerprint density at radius 3 is 2.09 bits per heavy atom. The van der Waals surface area contributed by atoms with E-state index in [9.17, 15) is 0 Å². The Bertz CT molecular complexity index is 2020. The lowest BCUT2D eigenvalue weighted by molar-refractivity contribution is 1.18. The molecule has 8 rings (SSSR count). The number of thiophene rings is 1. The first kappa shape index (κ1) is 19.0. The van der Waals surface area contributed by atoms with E-state index in [4.69, 9.17) is 4.98 Å². The van der Waals surface area contributed by atoms with Crippen molar-refractivity contribution >= 4 is 60.5 Å². The third-order valence-electron chi connectivity index (χ3n) is 7.05. The second kappa shape index (κ2) is 7.05. The van der Waals surface area contributed by atoms with E-state index < -0.39 is 0 Å². The van der Waals surface area contributed by atoms with Crippen LogP contribution in [0, 0.1) is 0 Å². The molecule has 0 fully saturated rings. The number of aromatic nitrogens is 3. The van der Waals surface area contributed by atoms with E-state index in [0.29, 0.717) is 0 Å². The molecule has 0 aliphatic heterocycles. The molecule has 4 aromatic carbocycles. The number of rotatable bonds is 2. The van der Waals surface area contributed by atoms with E-state index in [1.54, 1.807) is 11.3 Å². The van der Waals surface area contributed by atoms with Gasteiger partial charge in [-0.15, -0.1) is 11.3 Å². The summed E-state index contributed by atoms with van der Waals surface area (Å²) in [6.07, 6.45) is 3.94. The fraction of sp³-hybridized carbons (Fsp3) is 0. The van der Waals surface area contributed by atoms with Gasteiger partial charge in [0.05, 0.1) is 16.6 Å². The zero-order valence-electron chi connectivity index (χ0n) is 18.7. The van der Waals surface area contributed by atoms with Crippen molar-refractivity contribution in [1.82, 2.24) is 14.0 Å². The number of hydrogen-bond donors (Lipinski definition) is 0. The molecular formula is C31H19N3S. The first-order valence-corrected chi connectivity index (χ1v) is 12.6. The summed E-state index contributed by atoms with van der Waals surface area (Å²) in [6.45, 7) is 0. The molecule has 35 heavy (non-hydrogen) atoms. The monoisotopic (exact) mass is 465 g/mol. The Morgan fingerprint density at radius 1 is 0.629 bits per heavy atom. The summed E-state index contributed by atoms with van der Waals surface area (Å²) >= 11 is 1.80. The second-order valence-electron chi connectivity index (χ2n) is 8.91. The first-order valence-electron chi connectivity index (χ1n) is 11.7. The number of imidazole rings is 1. The minimum Gasteiger partial charge on any atom is -0.309 e. The Hall–Kier alpha value is -4.41. The molecule has 0 aliphatic carbocycles. The van der Waals surface area contributed by atoms with Gasteiger partial charge in [-0.05, 0) is 35.9 Å². The molecule has 3 nitrogen and oxygen atoms in total. The molecule has 0 aliphatic rings. The highest BCUT2D eigenvalue weighted by atomic mass is 32.1. The van der Waals surface area contributed by atoms with E-state index in [1.165, 1.54) is 59.6 Å². The summed E-state index contributed by atoms with van der Waals surface area (Å²) in [4.78, 5) is 5.98. The quantitative estimate of drug-likeness (QED) is 0.251. The Kier molecular flexibility index (Phi) is 3.82. The van der Waals surface area contributed by atoms with Crippen LogP contribution in [0.5, 0.6) is 0 Å². The van der Waals surface area contributed by atoms with E-state index in [0.717, 1.165) is 5.65 Å². The molecule has 4 aromatic heterocycles. The van der Waals surface area contributed by atoms with Gasteiger partial charge in [0.1, 0.15) is 5.65 Å². The van der Waals surface area contributed by atoms with Crippen molar-refractivity contribution in [2.45, 2.75) is 0 Å². The molecule has 0 spiro atoms. The van der Waals surface area contributed by atoms with Crippen LogP contribution in [0.2, 0.25) is 0 Å². The van der Waals surface area contributed by atoms with Crippen LogP contribution in [-0.2, 0) is 0 Å². The second-order valence-corrected chi connectivity index (χ2v) is 9.79. The summed E-state index contributed by atoms with van der Waals surface area (Å²) in [5.74, 6) is 0. The van der Waals surface area contributed by atoms with E-state index >= 15 is 0 Å². The predicted octanol–water partition coefficient (Wildman–Crippen LogP) is 8.47. The molecule has 0 atom stereocenters. The SMILES string of the molecule is c1cc(-c2scc3c2c2ccccc2n2ccnc32)cc(-n2c3ccccc3c3ccccc32)c1. The molecule has 8 aromatic rings. The topological polar surface area (TPSA) is 22.2 Å². The summed E-state index contributed by atoms with van der Waals surface area (Å²) < 4.78 is 4.58. The molecule has 0 bridgehead atoms. The van der Waals surface area contributed by atoms with Gasteiger partial charge in [-0.3, -0.25) is 4.40 Å². The fourth-order valence-electron chi connectivity index (χ4n) is 5.58. The van der Waals surface area contributed by atoms with Gasteiger partial charge in [-0.2, -0.15) is 0 Å². The van der Waals surface area contributed by atoms with Crippen molar-refractivity contribution in [3.8, 4) is 16.1 Å². The van der Waals surface area contributed by atoms with Crippen molar-refractivity contribution in [3.05, 3.63) is 115 Å². The zero-order chi connectivity index (χ0) is 22.9. The molecule has 0 N–H and O–H groups in total. The van der Waals surface area contributed by atoms with Crippen molar-refractivity contribution in [2.24, 2.45) is 0 Å². The van der Waals surface area contributed by atoms with Gasteiger partial charge in [-0.1, -0.05) is 66.7 Å². The van der Waals surface area contributed by atoms with Crippen molar-refractivity contribution < 1.29 is 0 Å². The van der Waals surface area contributed by atoms with Crippen LogP contribution < -0.4 is 0 Å². The number of nitrogens with zero attached hydrogens (tertiary/aromatic N) is 3. The fourth-order valence-corrected chi connectivity index (χ4v) is 6.64. The summed E-state index contributed by atoms with van der Waals surface area (Å²) in [6, 6.07) is 34.9. The van der Waals surface area contributed by atoms with Gasteiger partial charge in [0.25, 0.3) is 0 Å². The van der Waals surface area contributed by atoms with Gasteiger partial charge in [-0.25, -0.2) is 4.98 Å². The van der Waals surface area contributed by atoms with Crippen LogP contribution in [0.1, 0.15) is 0 Å². The minimum atomic E-state index is 1.01. The van der Waals surface area contributed by atoms with Gasteiger partial charge >= 0.3 is 0 Å². The van der Waals surface area contributed by atoms with Gasteiger partial charge in [0, 0.05) is 55.3 Å². The lowest BCUT2D eigenvalue weighted by atomic mass is 10.0. The molecule has 4 heterocycles. The summed E-state index contributed by atoms with van der Waals surface area (Å²) in [7, 11) is 0. The Morgan fingerprint density at radius 2 is 1.31 bits per heavy atom. The van der Waals surface area contributed by atoms with Gasteiger partial charge < -0.3 is 4.57 Å². The average molecular weight is 466 g/mol. The van der Waals surface area contributed by atoms with Crippen LogP contribution in [0.4, 0.5) is 0 Å². The maximum atomic E-state index is 4.70. The number of pyridine rings is 1. The molecule has 0 unspecified atom stereocenters. The summed E-state index contributed by atoms with van der Waals surface area (Å²) in [5.41, 5.74) is 7.06. The highest BCUT2D eigenvalue weighted by Crippen LogP contribution is 2.42. The molecule has 0 saturated carbocycles. The highest BCUT2D eigenvalue weighted by molar-refractivity contribution is 7.15. The van der Waals surface area contributed by atoms with Crippen LogP contribution >= 0.6 is 11.3 Å². The lowest BCUT2D eigenvalue weighted by Gasteiger charge is -2.11. The predicted molar refractivity (Wildman–Crippen MR) is 148 cm³/mol. The third kappa shape index (κ3) is 2.57. The lowest BCUT2D eigenvalue weighted by Crippen LogP contribution is -1.94. The van der Waals surface area contributed by atoms with Crippen LogP contribution in [0.3, 0.4) is 0 Å². The molecular weight excluding hydrogens is 446 g/mol. The highest BCUT2D eigenvalue weighted by Gasteiger charge is 2.17. The Balaban J connectivity index is 1.44.